The van der Waals surface area contributed by atoms with Gasteiger partial charge >= 0.3 is 0 Å². The first-order chi connectivity index (χ1) is 16.9. The zero-order valence-corrected chi connectivity index (χ0v) is 21.1. The summed E-state index contributed by atoms with van der Waals surface area (Å²) in [5.74, 6) is -0.999. The van der Waals surface area contributed by atoms with Gasteiger partial charge < -0.3 is 15.3 Å². The van der Waals surface area contributed by atoms with Crippen molar-refractivity contribution in [2.45, 2.75) is 13.8 Å². The lowest BCUT2D eigenvalue weighted by Crippen LogP contribution is -2.32. The first-order valence-electron chi connectivity index (χ1n) is 11.2. The molecule has 35 heavy (non-hydrogen) atoms. The highest BCUT2D eigenvalue weighted by Crippen LogP contribution is 2.20. The van der Waals surface area contributed by atoms with E-state index in [0.717, 1.165) is 28.8 Å². The van der Waals surface area contributed by atoms with E-state index in [4.69, 9.17) is 0 Å². The number of benzene rings is 3. The van der Waals surface area contributed by atoms with E-state index < -0.39 is 11.8 Å². The number of aromatic hydroxyl groups is 1. The molecule has 0 unspecified atom stereocenters. The molecule has 0 saturated carbocycles. The number of nitrogens with one attached hydrogen (secondary N) is 2. The number of amides is 2. The Bertz CT molecular complexity index is 1220. The maximum atomic E-state index is 12.9. The topological polar surface area (TPSA) is 94.0 Å². The second-order valence-electron chi connectivity index (χ2n) is 7.54. The van der Waals surface area contributed by atoms with Gasteiger partial charge in [-0.1, -0.05) is 46.3 Å². The molecule has 0 aliphatic rings. The fraction of sp³-hybridized carbons (Fsp3) is 0.148. The van der Waals surface area contributed by atoms with Gasteiger partial charge in [-0.25, -0.2) is 5.43 Å². The average Bonchev–Trinajstić information content (AvgIpc) is 2.87. The quantitative estimate of drug-likeness (QED) is 0.206. The van der Waals surface area contributed by atoms with Crippen LogP contribution in [0, 0.1) is 0 Å². The number of anilines is 1. The number of nitrogens with zero attached hydrogens (tertiary/aromatic N) is 2. The lowest BCUT2D eigenvalue weighted by atomic mass is 10.1. The molecule has 0 aliphatic heterocycles. The van der Waals surface area contributed by atoms with Gasteiger partial charge in [0.2, 0.25) is 0 Å². The summed E-state index contributed by atoms with van der Waals surface area (Å²) in [5, 5.41) is 16.6. The molecule has 3 N–H and O–H groups in total. The Morgan fingerprint density at radius 3 is 2.34 bits per heavy atom. The standard InChI is InChI=1S/C27H27BrN4O3/c1-3-32(4-2)23-13-10-19(11-14-23)16-24(30-26(34)20-8-6-5-7-9-20)27(35)31-29-18-21-17-22(28)12-15-25(21)33/h5-18,33H,3-4H2,1-2H3,(H,30,34)(H,31,35)/b24-16+,29-18+. The van der Waals surface area contributed by atoms with E-state index >= 15 is 0 Å². The van der Waals surface area contributed by atoms with Crippen LogP contribution in [0.3, 0.4) is 0 Å². The molecule has 3 aromatic carbocycles. The molecular weight excluding hydrogens is 508 g/mol. The van der Waals surface area contributed by atoms with Crippen molar-refractivity contribution < 1.29 is 14.7 Å². The van der Waals surface area contributed by atoms with Gasteiger partial charge in [-0.05, 0) is 68.0 Å². The van der Waals surface area contributed by atoms with Crippen molar-refractivity contribution in [1.82, 2.24) is 10.7 Å². The van der Waals surface area contributed by atoms with Crippen LogP contribution in [0.15, 0.2) is 88.1 Å². The molecule has 3 aromatic rings. The maximum absolute atomic E-state index is 12.9. The van der Waals surface area contributed by atoms with E-state index in [9.17, 15) is 14.7 Å². The van der Waals surface area contributed by atoms with Crippen LogP contribution in [0.25, 0.3) is 6.08 Å². The molecule has 0 bridgehead atoms. The zero-order valence-electron chi connectivity index (χ0n) is 19.5. The number of hydrazone groups is 1. The van der Waals surface area contributed by atoms with Gasteiger partial charge in [0.05, 0.1) is 6.21 Å². The van der Waals surface area contributed by atoms with Gasteiger partial charge in [0.25, 0.3) is 11.8 Å². The Balaban J connectivity index is 1.84. The van der Waals surface area contributed by atoms with E-state index in [1.165, 1.54) is 12.3 Å². The number of carbonyl (C=O) groups is 2. The molecule has 0 heterocycles. The van der Waals surface area contributed by atoms with Crippen LogP contribution < -0.4 is 15.6 Å². The van der Waals surface area contributed by atoms with Gasteiger partial charge in [-0.2, -0.15) is 5.10 Å². The number of rotatable bonds is 9. The third-order valence-corrected chi connectivity index (χ3v) is 5.71. The third-order valence-electron chi connectivity index (χ3n) is 5.22. The molecule has 0 spiro atoms. The second-order valence-corrected chi connectivity index (χ2v) is 8.46. The van der Waals surface area contributed by atoms with E-state index in [1.54, 1.807) is 42.5 Å². The number of hydrogen-bond acceptors (Lipinski definition) is 5. The van der Waals surface area contributed by atoms with Crippen molar-refractivity contribution in [1.29, 1.82) is 0 Å². The molecule has 3 rings (SSSR count). The Labute approximate surface area is 213 Å². The van der Waals surface area contributed by atoms with Crippen molar-refractivity contribution in [2.24, 2.45) is 5.10 Å². The molecule has 2 amide bonds. The Morgan fingerprint density at radius 1 is 1.00 bits per heavy atom. The smallest absolute Gasteiger partial charge is 0.287 e. The Hall–Kier alpha value is -3.91. The normalized spacial score (nSPS) is 11.3. The predicted octanol–water partition coefficient (Wildman–Crippen LogP) is 4.92. The third kappa shape index (κ3) is 7.28. The summed E-state index contributed by atoms with van der Waals surface area (Å²) in [7, 11) is 0. The van der Waals surface area contributed by atoms with Gasteiger partial charge in [0, 0.05) is 34.4 Å². The van der Waals surface area contributed by atoms with Crippen LogP contribution in [0.1, 0.15) is 35.3 Å². The molecule has 0 saturated heterocycles. The van der Waals surface area contributed by atoms with Crippen molar-refractivity contribution in [3.8, 4) is 5.75 Å². The second kappa shape index (κ2) is 12.5. The molecule has 180 valence electrons. The largest absolute Gasteiger partial charge is 0.507 e. The molecule has 0 fully saturated rings. The van der Waals surface area contributed by atoms with E-state index in [2.05, 4.69) is 50.5 Å². The van der Waals surface area contributed by atoms with Crippen molar-refractivity contribution in [3.05, 3.63) is 99.7 Å². The van der Waals surface area contributed by atoms with Crippen molar-refractivity contribution in [3.63, 3.8) is 0 Å². The predicted molar refractivity (Wildman–Crippen MR) is 143 cm³/mol. The first-order valence-corrected chi connectivity index (χ1v) is 12.0. The van der Waals surface area contributed by atoms with Gasteiger partial charge in [0.1, 0.15) is 11.4 Å². The molecule has 0 atom stereocenters. The lowest BCUT2D eigenvalue weighted by Gasteiger charge is -2.20. The fourth-order valence-corrected chi connectivity index (χ4v) is 3.71. The summed E-state index contributed by atoms with van der Waals surface area (Å²) in [6.45, 7) is 5.95. The SMILES string of the molecule is CCN(CC)c1ccc(/C=C(/NC(=O)c2ccccc2)C(=O)N/N=C/c2cc(Br)ccc2O)cc1. The number of phenolic OH excluding ortho intramolecular Hbond substituents is 1. The highest BCUT2D eigenvalue weighted by molar-refractivity contribution is 9.10. The Kier molecular flexibility index (Phi) is 9.20. The highest BCUT2D eigenvalue weighted by atomic mass is 79.9. The van der Waals surface area contributed by atoms with Gasteiger partial charge in [-0.3, -0.25) is 9.59 Å². The van der Waals surface area contributed by atoms with Crippen molar-refractivity contribution in [2.75, 3.05) is 18.0 Å². The molecule has 8 heteroatoms. The first kappa shape index (κ1) is 25.7. The summed E-state index contributed by atoms with van der Waals surface area (Å²) < 4.78 is 0.756. The minimum absolute atomic E-state index is 0.0210. The molecule has 7 nitrogen and oxygen atoms in total. The van der Waals surface area contributed by atoms with Crippen LogP contribution in [0.4, 0.5) is 5.69 Å². The monoisotopic (exact) mass is 534 g/mol. The maximum Gasteiger partial charge on any atom is 0.287 e. The van der Waals surface area contributed by atoms with Crippen molar-refractivity contribution >= 4 is 45.7 Å². The zero-order chi connectivity index (χ0) is 25.2. The van der Waals surface area contributed by atoms with E-state index in [0.29, 0.717) is 11.1 Å². The van der Waals surface area contributed by atoms with Gasteiger partial charge in [-0.15, -0.1) is 0 Å². The molecular formula is C27H27BrN4O3. The van der Waals surface area contributed by atoms with Crippen LogP contribution in [0.5, 0.6) is 5.75 Å². The molecule has 0 aromatic heterocycles. The number of hydrogen-bond donors (Lipinski definition) is 3. The summed E-state index contributed by atoms with van der Waals surface area (Å²) in [6.07, 6.45) is 2.92. The van der Waals surface area contributed by atoms with E-state index in [1.807, 2.05) is 30.3 Å². The van der Waals surface area contributed by atoms with Crippen LogP contribution in [-0.2, 0) is 4.79 Å². The van der Waals surface area contributed by atoms with E-state index in [-0.39, 0.29) is 11.4 Å². The highest BCUT2D eigenvalue weighted by Gasteiger charge is 2.14. The summed E-state index contributed by atoms with van der Waals surface area (Å²) >= 11 is 3.33. The summed E-state index contributed by atoms with van der Waals surface area (Å²) in [6, 6.07) is 21.2. The number of carbonyl (C=O) groups excluding carboxylic acids is 2. The fourth-order valence-electron chi connectivity index (χ4n) is 3.33. The number of halogens is 1. The minimum atomic E-state index is -0.604. The van der Waals surface area contributed by atoms with Gasteiger partial charge in [0.15, 0.2) is 0 Å². The Morgan fingerprint density at radius 2 is 1.69 bits per heavy atom. The summed E-state index contributed by atoms with van der Waals surface area (Å²) in [4.78, 5) is 27.9. The van der Waals surface area contributed by atoms with Crippen LogP contribution in [-0.4, -0.2) is 36.2 Å². The summed E-state index contributed by atoms with van der Waals surface area (Å²) in [5.41, 5.74) is 5.11. The van der Waals surface area contributed by atoms with Crippen LogP contribution in [0.2, 0.25) is 0 Å². The molecule has 0 radical (unpaired) electrons. The average molecular weight is 535 g/mol. The van der Waals surface area contributed by atoms with Crippen LogP contribution >= 0.6 is 15.9 Å². The minimum Gasteiger partial charge on any atom is -0.507 e. The lowest BCUT2D eigenvalue weighted by molar-refractivity contribution is -0.117. The number of phenols is 1. The molecule has 0 aliphatic carbocycles.